The van der Waals surface area contributed by atoms with E-state index in [1.165, 1.54) is 18.4 Å². The molecule has 1 aromatic rings. The summed E-state index contributed by atoms with van der Waals surface area (Å²) in [5, 5.41) is 13.0. The van der Waals surface area contributed by atoms with Crippen LogP contribution in [0.4, 0.5) is 0 Å². The topological polar surface area (TPSA) is 32.3 Å². The van der Waals surface area contributed by atoms with Crippen molar-refractivity contribution in [2.24, 2.45) is 0 Å². The standard InChI is InChI=1S/C13H21NO/c1-4-5-11(3)14-9-12-8-10(2)6-7-13(12)15/h6-8,11,14-15H,4-5,9H2,1-3H3. The molecule has 0 fully saturated rings. The molecule has 1 aromatic carbocycles. The maximum atomic E-state index is 9.64. The highest BCUT2D eigenvalue weighted by molar-refractivity contribution is 5.35. The third-order valence-electron chi connectivity index (χ3n) is 2.60. The molecule has 0 aliphatic carbocycles. The Kier molecular flexibility index (Phi) is 4.63. The van der Waals surface area contributed by atoms with E-state index in [9.17, 15) is 5.11 Å². The summed E-state index contributed by atoms with van der Waals surface area (Å²) in [6.45, 7) is 7.14. The molecule has 2 N–H and O–H groups in total. The van der Waals surface area contributed by atoms with E-state index >= 15 is 0 Å². The molecule has 0 spiro atoms. The summed E-state index contributed by atoms with van der Waals surface area (Å²) in [5.74, 6) is 0.386. The van der Waals surface area contributed by atoms with Gasteiger partial charge < -0.3 is 10.4 Å². The van der Waals surface area contributed by atoms with Gasteiger partial charge in [0.2, 0.25) is 0 Å². The number of benzene rings is 1. The lowest BCUT2D eigenvalue weighted by Gasteiger charge is -2.13. The Bertz CT molecular complexity index is 309. The minimum Gasteiger partial charge on any atom is -0.508 e. The smallest absolute Gasteiger partial charge is 0.120 e. The fourth-order valence-electron chi connectivity index (χ4n) is 1.68. The van der Waals surface area contributed by atoms with Crippen LogP contribution in [0, 0.1) is 6.92 Å². The minimum atomic E-state index is 0.386. The van der Waals surface area contributed by atoms with Crippen LogP contribution in [0.5, 0.6) is 5.75 Å². The van der Waals surface area contributed by atoms with Crippen molar-refractivity contribution in [3.63, 3.8) is 0 Å². The van der Waals surface area contributed by atoms with Crippen LogP contribution in [-0.4, -0.2) is 11.1 Å². The second kappa shape index (κ2) is 5.76. The Hall–Kier alpha value is -1.02. The Morgan fingerprint density at radius 2 is 2.13 bits per heavy atom. The highest BCUT2D eigenvalue weighted by atomic mass is 16.3. The van der Waals surface area contributed by atoms with Gasteiger partial charge >= 0.3 is 0 Å². The zero-order valence-electron chi connectivity index (χ0n) is 9.88. The fourth-order valence-corrected chi connectivity index (χ4v) is 1.68. The van der Waals surface area contributed by atoms with Crippen molar-refractivity contribution < 1.29 is 5.11 Å². The van der Waals surface area contributed by atoms with Crippen molar-refractivity contribution >= 4 is 0 Å². The van der Waals surface area contributed by atoms with Crippen LogP contribution in [0.1, 0.15) is 37.8 Å². The van der Waals surface area contributed by atoms with Gasteiger partial charge in [0.05, 0.1) is 0 Å². The summed E-state index contributed by atoms with van der Waals surface area (Å²) in [7, 11) is 0. The van der Waals surface area contributed by atoms with Crippen LogP contribution < -0.4 is 5.32 Å². The van der Waals surface area contributed by atoms with E-state index in [0.29, 0.717) is 11.8 Å². The Morgan fingerprint density at radius 3 is 2.80 bits per heavy atom. The number of aromatic hydroxyl groups is 1. The third kappa shape index (κ3) is 3.92. The van der Waals surface area contributed by atoms with E-state index in [0.717, 1.165) is 12.1 Å². The van der Waals surface area contributed by atoms with Gasteiger partial charge in [-0.15, -0.1) is 0 Å². The molecule has 0 radical (unpaired) electrons. The van der Waals surface area contributed by atoms with Gasteiger partial charge in [0.25, 0.3) is 0 Å². The van der Waals surface area contributed by atoms with Gasteiger partial charge in [0, 0.05) is 18.2 Å². The molecule has 1 unspecified atom stereocenters. The number of hydrogen-bond donors (Lipinski definition) is 2. The van der Waals surface area contributed by atoms with Crippen LogP contribution in [0.2, 0.25) is 0 Å². The monoisotopic (exact) mass is 207 g/mol. The zero-order chi connectivity index (χ0) is 11.3. The summed E-state index contributed by atoms with van der Waals surface area (Å²) in [6, 6.07) is 6.22. The average Bonchev–Trinajstić information content (AvgIpc) is 2.20. The maximum absolute atomic E-state index is 9.64. The minimum absolute atomic E-state index is 0.386. The van der Waals surface area contributed by atoms with Gasteiger partial charge in [-0.1, -0.05) is 31.0 Å². The van der Waals surface area contributed by atoms with Crippen molar-refractivity contribution in [2.45, 2.75) is 46.2 Å². The summed E-state index contributed by atoms with van der Waals surface area (Å²) in [6.07, 6.45) is 2.36. The van der Waals surface area contributed by atoms with E-state index in [-0.39, 0.29) is 0 Å². The number of hydrogen-bond acceptors (Lipinski definition) is 2. The van der Waals surface area contributed by atoms with Crippen LogP contribution in [0.25, 0.3) is 0 Å². The second-order valence-corrected chi connectivity index (χ2v) is 4.20. The zero-order valence-corrected chi connectivity index (χ0v) is 9.88. The van der Waals surface area contributed by atoms with Crippen LogP contribution in [0.3, 0.4) is 0 Å². The molecule has 0 aliphatic rings. The summed E-state index contributed by atoms with van der Waals surface area (Å²) >= 11 is 0. The van der Waals surface area contributed by atoms with Gasteiger partial charge in [0.15, 0.2) is 0 Å². The Balaban J connectivity index is 2.53. The predicted octanol–water partition coefficient (Wildman–Crippen LogP) is 2.98. The van der Waals surface area contributed by atoms with Gasteiger partial charge in [-0.05, 0) is 26.3 Å². The number of aryl methyl sites for hydroxylation is 1. The van der Waals surface area contributed by atoms with Crippen molar-refractivity contribution in [2.75, 3.05) is 0 Å². The third-order valence-corrected chi connectivity index (χ3v) is 2.60. The first kappa shape index (κ1) is 12.1. The van der Waals surface area contributed by atoms with Crippen LogP contribution >= 0.6 is 0 Å². The molecule has 1 rings (SSSR count). The molecule has 0 amide bonds. The molecular weight excluding hydrogens is 186 g/mol. The molecule has 0 saturated heterocycles. The largest absolute Gasteiger partial charge is 0.508 e. The van der Waals surface area contributed by atoms with Crippen LogP contribution in [0.15, 0.2) is 18.2 Å². The van der Waals surface area contributed by atoms with Gasteiger partial charge in [0.1, 0.15) is 5.75 Å². The van der Waals surface area contributed by atoms with Crippen LogP contribution in [-0.2, 0) is 6.54 Å². The van der Waals surface area contributed by atoms with Gasteiger partial charge in [-0.2, -0.15) is 0 Å². The normalized spacial score (nSPS) is 12.7. The molecule has 0 heterocycles. The van der Waals surface area contributed by atoms with Crippen molar-refractivity contribution in [3.8, 4) is 5.75 Å². The molecule has 0 aliphatic heterocycles. The molecule has 0 aromatic heterocycles. The predicted molar refractivity (Wildman–Crippen MR) is 64.1 cm³/mol. The second-order valence-electron chi connectivity index (χ2n) is 4.20. The highest BCUT2D eigenvalue weighted by Gasteiger charge is 2.03. The van der Waals surface area contributed by atoms with E-state index in [1.807, 2.05) is 19.1 Å². The number of nitrogens with one attached hydrogen (secondary N) is 1. The Labute approximate surface area is 92.3 Å². The first-order valence-electron chi connectivity index (χ1n) is 5.65. The average molecular weight is 207 g/mol. The summed E-state index contributed by atoms with van der Waals surface area (Å²) in [4.78, 5) is 0. The van der Waals surface area contributed by atoms with E-state index in [2.05, 4.69) is 19.2 Å². The molecule has 15 heavy (non-hydrogen) atoms. The SMILES string of the molecule is CCCC(C)NCc1cc(C)ccc1O. The van der Waals surface area contributed by atoms with Crippen molar-refractivity contribution in [3.05, 3.63) is 29.3 Å². The lowest BCUT2D eigenvalue weighted by Crippen LogP contribution is -2.25. The quantitative estimate of drug-likeness (QED) is 0.778. The molecule has 0 bridgehead atoms. The molecule has 1 atom stereocenters. The Morgan fingerprint density at radius 1 is 1.40 bits per heavy atom. The summed E-state index contributed by atoms with van der Waals surface area (Å²) in [5.41, 5.74) is 2.17. The lowest BCUT2D eigenvalue weighted by atomic mass is 10.1. The molecule has 2 heteroatoms. The van der Waals surface area contributed by atoms with E-state index in [4.69, 9.17) is 0 Å². The molecule has 0 saturated carbocycles. The molecule has 2 nitrogen and oxygen atoms in total. The fraction of sp³-hybridized carbons (Fsp3) is 0.538. The van der Waals surface area contributed by atoms with Crippen molar-refractivity contribution in [1.29, 1.82) is 0 Å². The number of phenols is 1. The molecule has 84 valence electrons. The van der Waals surface area contributed by atoms with Gasteiger partial charge in [-0.3, -0.25) is 0 Å². The highest BCUT2D eigenvalue weighted by Crippen LogP contribution is 2.18. The summed E-state index contributed by atoms with van der Waals surface area (Å²) < 4.78 is 0. The van der Waals surface area contributed by atoms with Crippen molar-refractivity contribution in [1.82, 2.24) is 5.32 Å². The first-order chi connectivity index (χ1) is 7.13. The first-order valence-corrected chi connectivity index (χ1v) is 5.65. The van der Waals surface area contributed by atoms with E-state index < -0.39 is 0 Å². The van der Waals surface area contributed by atoms with Gasteiger partial charge in [-0.25, -0.2) is 0 Å². The number of phenolic OH excluding ortho intramolecular Hbond substituents is 1. The maximum Gasteiger partial charge on any atom is 0.120 e. The lowest BCUT2D eigenvalue weighted by molar-refractivity contribution is 0.454. The molecular formula is C13H21NO. The number of rotatable bonds is 5. The van der Waals surface area contributed by atoms with E-state index in [1.54, 1.807) is 6.07 Å².